The fourth-order valence-electron chi connectivity index (χ4n) is 11.0. The Bertz CT molecular complexity index is 4040. The smallest absolute Gasteiger partial charge is 0.234 e. The quantitative estimate of drug-likeness (QED) is 0.0879. The summed E-state index contributed by atoms with van der Waals surface area (Å²) in [5.41, 5.74) is 2.71. The van der Waals surface area contributed by atoms with E-state index in [1.807, 2.05) is 13.0 Å². The number of benzene rings is 5. The molecule has 1 saturated carbocycles. The number of fused-ring (bicyclic) bond motifs is 2. The summed E-state index contributed by atoms with van der Waals surface area (Å²) in [7, 11) is -15.3. The van der Waals surface area contributed by atoms with Crippen LogP contribution in [0.3, 0.4) is 0 Å². The standard InChI is InChI=1S/C29H32F3N3O4S2.C29H26F3N3O4S2/c2*1-19(21-7-3-2-4-8-21)34-41(38,39)13-12-27-25-18-40(36,37)17-22(14-20-6-5-9-23(30)15-20)29(25)35(33-27)28-11-10-24(31)16-26(28)32/h5-6,9-13,15-16,19,21-22,34H,2-4,7-8,14,17-18H2,1H3;2-13,15-16,19,22,34H,14,17-18H2,1H3/b2*13-12+/t2*19-,22?/m10/s1. The SMILES string of the molecule is C[C@@H](NS(=O)(=O)/C=C/c1nn(-c2ccc(F)cc2F)c2c1CS(=O)(=O)CC2Cc1cccc(F)c1)C1CCCCC1.C[C@H](NS(=O)(=O)/C=C/c1nn(-c2ccc(F)cc2F)c2c1CS(=O)(=O)CC2Cc1cccc(F)c1)c1ccccc1. The Morgan fingerprint density at radius 1 is 0.561 bits per heavy atom. The Morgan fingerprint density at radius 2 is 1.00 bits per heavy atom. The van der Waals surface area contributed by atoms with Gasteiger partial charge in [0, 0.05) is 58.0 Å². The number of rotatable bonds is 16. The van der Waals surface area contributed by atoms with Crippen molar-refractivity contribution in [2.24, 2.45) is 5.92 Å². The molecule has 5 aromatic carbocycles. The lowest BCUT2D eigenvalue weighted by Gasteiger charge is -2.27. The molecule has 434 valence electrons. The summed E-state index contributed by atoms with van der Waals surface area (Å²) in [5.74, 6) is -7.23. The highest BCUT2D eigenvalue weighted by atomic mass is 32.2. The molecule has 4 atom stereocenters. The lowest BCUT2D eigenvalue weighted by Crippen LogP contribution is -2.37. The molecule has 0 spiro atoms. The molecule has 4 heterocycles. The number of nitrogens with one attached hydrogen (secondary N) is 2. The van der Waals surface area contributed by atoms with Gasteiger partial charge in [0.05, 0.1) is 45.8 Å². The molecule has 2 aliphatic heterocycles. The maximum atomic E-state index is 15.0. The summed E-state index contributed by atoms with van der Waals surface area (Å²) in [6.07, 6.45) is 7.72. The first-order chi connectivity index (χ1) is 38.8. The number of hydrogen-bond donors (Lipinski definition) is 2. The molecule has 82 heavy (non-hydrogen) atoms. The van der Waals surface area contributed by atoms with Gasteiger partial charge in [0.25, 0.3) is 0 Å². The van der Waals surface area contributed by atoms with E-state index in [0.29, 0.717) is 34.6 Å². The first kappa shape index (κ1) is 59.9. The highest BCUT2D eigenvalue weighted by molar-refractivity contribution is 7.93. The number of hydrogen-bond acceptors (Lipinski definition) is 10. The Balaban J connectivity index is 0.000000198. The molecule has 2 unspecified atom stereocenters. The summed E-state index contributed by atoms with van der Waals surface area (Å²) in [4.78, 5) is 0. The van der Waals surface area contributed by atoms with Crippen LogP contribution in [-0.2, 0) is 64.1 Å². The van der Waals surface area contributed by atoms with Gasteiger partial charge in [0.15, 0.2) is 31.3 Å². The Hall–Kier alpha value is -6.70. The Labute approximate surface area is 472 Å². The third kappa shape index (κ3) is 14.7. The Morgan fingerprint density at radius 3 is 1.44 bits per heavy atom. The second-order valence-electron chi connectivity index (χ2n) is 20.9. The lowest BCUT2D eigenvalue weighted by atomic mass is 9.85. The molecular weight excluding hydrogens is 1150 g/mol. The number of sulfone groups is 2. The molecule has 1 aliphatic carbocycles. The van der Waals surface area contributed by atoms with Gasteiger partial charge in [0.2, 0.25) is 20.0 Å². The van der Waals surface area contributed by atoms with Crippen molar-refractivity contribution in [1.82, 2.24) is 29.0 Å². The predicted molar refractivity (Wildman–Crippen MR) is 301 cm³/mol. The normalized spacial score (nSPS) is 18.8. The molecule has 24 heteroatoms. The molecule has 0 amide bonds. The van der Waals surface area contributed by atoms with Gasteiger partial charge in [-0.05, 0) is 123 Å². The molecule has 2 N–H and O–H groups in total. The topological polar surface area (TPSA) is 196 Å². The molecule has 10 rings (SSSR count). The number of halogens is 6. The van der Waals surface area contributed by atoms with Crippen molar-refractivity contribution < 1.29 is 60.0 Å². The lowest BCUT2D eigenvalue weighted by molar-refractivity contribution is 0.303. The Kier molecular flexibility index (Phi) is 18.0. The van der Waals surface area contributed by atoms with E-state index in [1.54, 1.807) is 43.3 Å². The first-order valence-electron chi connectivity index (χ1n) is 26.3. The average Bonchev–Trinajstić information content (AvgIpc) is 3.46. The highest BCUT2D eigenvalue weighted by Gasteiger charge is 2.39. The van der Waals surface area contributed by atoms with Crippen molar-refractivity contribution in [3.63, 3.8) is 0 Å². The molecule has 0 bridgehead atoms. The molecule has 1 fully saturated rings. The second-order valence-corrected chi connectivity index (χ2v) is 28.3. The van der Waals surface area contributed by atoms with Crippen molar-refractivity contribution in [2.75, 3.05) is 11.5 Å². The maximum Gasteiger partial charge on any atom is 0.234 e. The van der Waals surface area contributed by atoms with E-state index in [9.17, 15) is 60.0 Å². The van der Waals surface area contributed by atoms with Crippen molar-refractivity contribution in [2.45, 2.75) is 94.2 Å². The summed E-state index contributed by atoms with van der Waals surface area (Å²) in [5, 5.41) is 10.7. The first-order valence-corrected chi connectivity index (χ1v) is 33.0. The molecule has 7 aromatic rings. The summed E-state index contributed by atoms with van der Waals surface area (Å²) in [6, 6.07) is 25.4. The molecule has 0 radical (unpaired) electrons. The fourth-order valence-corrected chi connectivity index (χ4v) is 16.6. The minimum atomic E-state index is -4.01. The number of sulfonamides is 2. The van der Waals surface area contributed by atoms with Crippen LogP contribution < -0.4 is 9.44 Å². The molecular formula is C58H58F6N6O8S4. The average molecular weight is 1210 g/mol. The van der Waals surface area contributed by atoms with Crippen LogP contribution in [0.25, 0.3) is 23.5 Å². The highest BCUT2D eigenvalue weighted by Crippen LogP contribution is 2.39. The molecule has 3 aliphatic rings. The maximum absolute atomic E-state index is 15.0. The number of aromatic nitrogens is 4. The minimum Gasteiger partial charge on any atom is -0.234 e. The minimum absolute atomic E-state index is 0.00832. The summed E-state index contributed by atoms with van der Waals surface area (Å²) < 4.78 is 197. The van der Waals surface area contributed by atoms with Gasteiger partial charge in [-0.25, -0.2) is 78.8 Å². The van der Waals surface area contributed by atoms with E-state index < -0.39 is 104 Å². The number of nitrogens with zero attached hydrogens (tertiary/aromatic N) is 4. The largest absolute Gasteiger partial charge is 0.234 e. The van der Waals surface area contributed by atoms with Gasteiger partial charge in [-0.15, -0.1) is 0 Å². The van der Waals surface area contributed by atoms with Gasteiger partial charge in [-0.3, -0.25) is 0 Å². The van der Waals surface area contributed by atoms with Gasteiger partial charge < -0.3 is 0 Å². The summed E-state index contributed by atoms with van der Waals surface area (Å²) >= 11 is 0. The van der Waals surface area contributed by atoms with E-state index in [0.717, 1.165) is 66.7 Å². The van der Waals surface area contributed by atoms with Crippen LogP contribution >= 0.6 is 0 Å². The second kappa shape index (κ2) is 24.6. The van der Waals surface area contributed by atoms with Crippen LogP contribution in [0, 0.1) is 40.8 Å². The summed E-state index contributed by atoms with van der Waals surface area (Å²) in [6.45, 7) is 3.51. The van der Waals surface area contributed by atoms with E-state index in [1.165, 1.54) is 64.0 Å². The van der Waals surface area contributed by atoms with Crippen LogP contribution in [0.15, 0.2) is 126 Å². The van der Waals surface area contributed by atoms with Crippen molar-refractivity contribution in [3.05, 3.63) is 212 Å². The van der Waals surface area contributed by atoms with Crippen LogP contribution in [0.1, 0.15) is 114 Å². The zero-order valence-electron chi connectivity index (χ0n) is 44.4. The third-order valence-electron chi connectivity index (χ3n) is 14.7. The van der Waals surface area contributed by atoms with E-state index in [-0.39, 0.29) is 70.2 Å². The fraction of sp³-hybridized carbons (Fsp3) is 0.310. The van der Waals surface area contributed by atoms with Crippen LogP contribution in [-0.4, -0.2) is 70.8 Å². The van der Waals surface area contributed by atoms with Gasteiger partial charge in [-0.1, -0.05) is 73.9 Å². The predicted octanol–water partition coefficient (Wildman–Crippen LogP) is 10.6. The van der Waals surface area contributed by atoms with E-state index in [4.69, 9.17) is 0 Å². The van der Waals surface area contributed by atoms with Gasteiger partial charge in [0.1, 0.15) is 34.6 Å². The van der Waals surface area contributed by atoms with Crippen molar-refractivity contribution >= 4 is 51.9 Å². The molecule has 2 aromatic heterocycles. The zero-order chi connectivity index (χ0) is 58.7. The van der Waals surface area contributed by atoms with Gasteiger partial charge in [-0.2, -0.15) is 10.2 Å². The van der Waals surface area contributed by atoms with Crippen molar-refractivity contribution in [3.8, 4) is 11.4 Å². The molecule has 14 nitrogen and oxygen atoms in total. The van der Waals surface area contributed by atoms with Gasteiger partial charge >= 0.3 is 0 Å². The monoisotopic (exact) mass is 1210 g/mol. The molecule has 0 saturated heterocycles. The zero-order valence-corrected chi connectivity index (χ0v) is 47.7. The third-order valence-corrected chi connectivity index (χ3v) is 20.3. The van der Waals surface area contributed by atoms with Crippen LogP contribution in [0.2, 0.25) is 0 Å². The van der Waals surface area contributed by atoms with E-state index >= 15 is 0 Å². The van der Waals surface area contributed by atoms with Crippen LogP contribution in [0.5, 0.6) is 0 Å². The van der Waals surface area contributed by atoms with Crippen LogP contribution in [0.4, 0.5) is 26.3 Å². The van der Waals surface area contributed by atoms with Crippen molar-refractivity contribution in [1.29, 1.82) is 0 Å². The van der Waals surface area contributed by atoms with E-state index in [2.05, 4.69) is 19.6 Å².